The van der Waals surface area contributed by atoms with Gasteiger partial charge in [-0.1, -0.05) is 0 Å². The van der Waals surface area contributed by atoms with Crippen LogP contribution in [0.25, 0.3) is 0 Å². The molecular formula is C11H19N3O4S. The van der Waals surface area contributed by atoms with Crippen LogP contribution < -0.4 is 20.5 Å². The van der Waals surface area contributed by atoms with E-state index in [2.05, 4.69) is 10.0 Å². The zero-order chi connectivity index (χ0) is 14.3. The summed E-state index contributed by atoms with van der Waals surface area (Å²) in [5, 5.41) is 11.7. The van der Waals surface area contributed by atoms with Gasteiger partial charge in [0.05, 0.1) is 18.6 Å². The second kappa shape index (κ2) is 7.17. The first kappa shape index (κ1) is 15.5. The van der Waals surface area contributed by atoms with E-state index < -0.39 is 10.0 Å². The lowest BCUT2D eigenvalue weighted by molar-refractivity contribution is 0.309. The molecule has 0 heterocycles. The number of anilines is 2. The predicted octanol–water partition coefficient (Wildman–Crippen LogP) is -0.399. The molecule has 0 fully saturated rings. The van der Waals surface area contributed by atoms with Crippen LogP contribution in [-0.4, -0.2) is 46.1 Å². The summed E-state index contributed by atoms with van der Waals surface area (Å²) in [5.74, 6) is 0.554. The van der Waals surface area contributed by atoms with Crippen LogP contribution in [0.1, 0.15) is 0 Å². The first-order valence-electron chi connectivity index (χ1n) is 5.74. The molecule has 0 bridgehead atoms. The smallest absolute Gasteiger partial charge is 0.208 e. The minimum Gasteiger partial charge on any atom is -0.490 e. The Bertz CT molecular complexity index is 505. The van der Waals surface area contributed by atoms with Gasteiger partial charge in [0.1, 0.15) is 12.4 Å². The number of nitrogen functional groups attached to an aromatic ring is 1. The Morgan fingerprint density at radius 2 is 2.11 bits per heavy atom. The van der Waals surface area contributed by atoms with Gasteiger partial charge in [0.15, 0.2) is 0 Å². The van der Waals surface area contributed by atoms with Gasteiger partial charge in [-0.25, -0.2) is 13.1 Å². The van der Waals surface area contributed by atoms with E-state index in [1.165, 1.54) is 0 Å². The van der Waals surface area contributed by atoms with Crippen LogP contribution in [0, 0.1) is 0 Å². The van der Waals surface area contributed by atoms with Crippen LogP contribution >= 0.6 is 0 Å². The molecule has 1 rings (SSSR count). The topological polar surface area (TPSA) is 114 Å². The summed E-state index contributed by atoms with van der Waals surface area (Å²) >= 11 is 0. The minimum atomic E-state index is -3.21. The first-order valence-corrected chi connectivity index (χ1v) is 7.63. The third-order valence-electron chi connectivity index (χ3n) is 2.15. The lowest BCUT2D eigenvalue weighted by atomic mass is 10.2. The average Bonchev–Trinajstić information content (AvgIpc) is 2.32. The Kier molecular flexibility index (Phi) is 5.87. The quantitative estimate of drug-likeness (QED) is 0.382. The van der Waals surface area contributed by atoms with Gasteiger partial charge in [0, 0.05) is 18.8 Å². The van der Waals surface area contributed by atoms with Crippen molar-refractivity contribution >= 4 is 21.4 Å². The summed E-state index contributed by atoms with van der Waals surface area (Å²) < 4.78 is 29.5. The predicted molar refractivity (Wildman–Crippen MR) is 74.8 cm³/mol. The summed E-state index contributed by atoms with van der Waals surface area (Å²) in [4.78, 5) is 0. The maximum atomic E-state index is 10.9. The molecule has 0 aliphatic carbocycles. The zero-order valence-electron chi connectivity index (χ0n) is 10.7. The SMILES string of the molecule is CS(=O)(=O)NCCOc1ccc(N)cc1NCCO. The van der Waals surface area contributed by atoms with Crippen LogP contribution in [0.5, 0.6) is 5.75 Å². The third-order valence-corrected chi connectivity index (χ3v) is 2.88. The van der Waals surface area contributed by atoms with Crippen molar-refractivity contribution in [1.82, 2.24) is 4.72 Å². The molecular weight excluding hydrogens is 270 g/mol. The van der Waals surface area contributed by atoms with Crippen molar-refractivity contribution in [3.8, 4) is 5.75 Å². The molecule has 19 heavy (non-hydrogen) atoms. The molecule has 0 atom stereocenters. The number of nitrogens with two attached hydrogens (primary N) is 1. The van der Waals surface area contributed by atoms with Gasteiger partial charge in [-0.2, -0.15) is 0 Å². The van der Waals surface area contributed by atoms with Crippen LogP contribution in [-0.2, 0) is 10.0 Å². The summed E-state index contributed by atoms with van der Waals surface area (Å²) in [6.07, 6.45) is 1.09. The monoisotopic (exact) mass is 289 g/mol. The van der Waals surface area contributed by atoms with E-state index in [9.17, 15) is 8.42 Å². The first-order chi connectivity index (χ1) is 8.92. The zero-order valence-corrected chi connectivity index (χ0v) is 11.5. The Hall–Kier alpha value is -1.51. The molecule has 0 aromatic heterocycles. The van der Waals surface area contributed by atoms with E-state index in [1.54, 1.807) is 18.2 Å². The standard InChI is InChI=1S/C11H19N3O4S/c1-19(16,17)14-5-7-18-11-3-2-9(12)8-10(11)13-4-6-15/h2-3,8,13-15H,4-7,12H2,1H3. The number of benzene rings is 1. The molecule has 0 saturated heterocycles. The number of ether oxygens (including phenoxy) is 1. The van der Waals surface area contributed by atoms with E-state index in [-0.39, 0.29) is 19.8 Å². The number of aliphatic hydroxyl groups is 1. The van der Waals surface area contributed by atoms with Crippen molar-refractivity contribution in [3.05, 3.63) is 18.2 Å². The van der Waals surface area contributed by atoms with Crippen molar-refractivity contribution < 1.29 is 18.3 Å². The number of sulfonamides is 1. The maximum absolute atomic E-state index is 10.9. The summed E-state index contributed by atoms with van der Waals surface area (Å²) in [5.41, 5.74) is 6.89. The molecule has 5 N–H and O–H groups in total. The Labute approximate surface area is 112 Å². The van der Waals surface area contributed by atoms with E-state index in [1.807, 2.05) is 0 Å². The summed E-state index contributed by atoms with van der Waals surface area (Å²) in [7, 11) is -3.21. The molecule has 0 aliphatic rings. The fourth-order valence-electron chi connectivity index (χ4n) is 1.39. The number of aliphatic hydroxyl groups excluding tert-OH is 1. The molecule has 0 unspecified atom stereocenters. The van der Waals surface area contributed by atoms with Crippen molar-refractivity contribution in [2.24, 2.45) is 0 Å². The fourth-order valence-corrected chi connectivity index (χ4v) is 1.84. The lowest BCUT2D eigenvalue weighted by Gasteiger charge is -2.13. The molecule has 1 aromatic carbocycles. The highest BCUT2D eigenvalue weighted by molar-refractivity contribution is 7.88. The van der Waals surface area contributed by atoms with E-state index in [4.69, 9.17) is 15.6 Å². The highest BCUT2D eigenvalue weighted by Crippen LogP contribution is 2.26. The van der Waals surface area contributed by atoms with Crippen molar-refractivity contribution in [3.63, 3.8) is 0 Å². The molecule has 0 radical (unpaired) electrons. The van der Waals surface area contributed by atoms with E-state index in [0.717, 1.165) is 6.26 Å². The molecule has 7 nitrogen and oxygen atoms in total. The van der Waals surface area contributed by atoms with Gasteiger partial charge in [-0.05, 0) is 18.2 Å². The van der Waals surface area contributed by atoms with Crippen LogP contribution in [0.15, 0.2) is 18.2 Å². The van der Waals surface area contributed by atoms with Crippen molar-refractivity contribution in [1.29, 1.82) is 0 Å². The number of hydrogen-bond donors (Lipinski definition) is 4. The van der Waals surface area contributed by atoms with Gasteiger partial charge in [-0.3, -0.25) is 0 Å². The molecule has 108 valence electrons. The largest absolute Gasteiger partial charge is 0.490 e. The second-order valence-corrected chi connectivity index (χ2v) is 5.75. The second-order valence-electron chi connectivity index (χ2n) is 3.92. The van der Waals surface area contributed by atoms with Gasteiger partial charge in [-0.15, -0.1) is 0 Å². The molecule has 0 spiro atoms. The summed E-state index contributed by atoms with van der Waals surface area (Å²) in [6.45, 7) is 0.749. The van der Waals surface area contributed by atoms with Gasteiger partial charge < -0.3 is 20.9 Å². The highest BCUT2D eigenvalue weighted by Gasteiger charge is 2.05. The van der Waals surface area contributed by atoms with Crippen LogP contribution in [0.4, 0.5) is 11.4 Å². The minimum absolute atomic E-state index is 0.0100. The number of hydrogen-bond acceptors (Lipinski definition) is 6. The average molecular weight is 289 g/mol. The lowest BCUT2D eigenvalue weighted by Crippen LogP contribution is -2.27. The highest BCUT2D eigenvalue weighted by atomic mass is 32.2. The van der Waals surface area contributed by atoms with E-state index >= 15 is 0 Å². The van der Waals surface area contributed by atoms with Crippen molar-refractivity contribution in [2.75, 3.05) is 43.6 Å². The van der Waals surface area contributed by atoms with Crippen molar-refractivity contribution in [2.45, 2.75) is 0 Å². The molecule has 8 heteroatoms. The fraction of sp³-hybridized carbons (Fsp3) is 0.455. The molecule has 0 saturated carbocycles. The maximum Gasteiger partial charge on any atom is 0.208 e. The van der Waals surface area contributed by atoms with Crippen LogP contribution in [0.2, 0.25) is 0 Å². The van der Waals surface area contributed by atoms with Gasteiger partial charge in [0.25, 0.3) is 0 Å². The van der Waals surface area contributed by atoms with Gasteiger partial charge in [0.2, 0.25) is 10.0 Å². The Morgan fingerprint density at radius 1 is 1.37 bits per heavy atom. The Balaban J connectivity index is 2.56. The molecule has 0 aliphatic heterocycles. The normalized spacial score (nSPS) is 11.3. The molecule has 1 aromatic rings. The number of nitrogens with one attached hydrogen (secondary N) is 2. The third kappa shape index (κ3) is 6.27. The van der Waals surface area contributed by atoms with Gasteiger partial charge >= 0.3 is 0 Å². The van der Waals surface area contributed by atoms with E-state index in [0.29, 0.717) is 23.7 Å². The summed E-state index contributed by atoms with van der Waals surface area (Å²) in [6, 6.07) is 5.06. The molecule has 0 amide bonds. The Morgan fingerprint density at radius 3 is 2.74 bits per heavy atom. The number of rotatable bonds is 8. The van der Waals surface area contributed by atoms with Crippen LogP contribution in [0.3, 0.4) is 0 Å².